The molecule has 0 unspecified atom stereocenters. The summed E-state index contributed by atoms with van der Waals surface area (Å²) in [4.78, 5) is 28.4. The van der Waals surface area contributed by atoms with Crippen molar-refractivity contribution in [2.24, 2.45) is 0 Å². The van der Waals surface area contributed by atoms with E-state index in [1.807, 2.05) is 22.6 Å². The van der Waals surface area contributed by atoms with Gasteiger partial charge >= 0.3 is 5.69 Å². The molecular formula is C23H25FIN3O7. The third-order valence-corrected chi connectivity index (χ3v) is 5.92. The van der Waals surface area contributed by atoms with E-state index in [-0.39, 0.29) is 18.0 Å². The van der Waals surface area contributed by atoms with E-state index >= 15 is 0 Å². The summed E-state index contributed by atoms with van der Waals surface area (Å²) in [7, 11) is 1.35. The van der Waals surface area contributed by atoms with Gasteiger partial charge in [-0.25, -0.2) is 13.8 Å². The van der Waals surface area contributed by atoms with E-state index < -0.39 is 48.2 Å². The number of nitrogens with one attached hydrogen (secondary N) is 2. The summed E-state index contributed by atoms with van der Waals surface area (Å²) in [6, 6.07) is 9.17. The molecule has 0 bridgehead atoms. The Kier molecular flexibility index (Phi) is 8.88. The molecule has 3 aromatic rings. The minimum atomic E-state index is -1.32. The van der Waals surface area contributed by atoms with Gasteiger partial charge in [-0.3, -0.25) is 4.79 Å². The number of methoxy groups -OCH3 is 1. The highest BCUT2D eigenvalue weighted by atomic mass is 127. The number of hydrogen-bond acceptors (Lipinski definition) is 7. The number of aromatic amines is 1. The van der Waals surface area contributed by atoms with Gasteiger partial charge in [0.1, 0.15) is 36.0 Å². The number of carbonyl (C=O) groups excluding carboxylic acids is 1. The Morgan fingerprint density at radius 1 is 1.26 bits per heavy atom. The Bertz CT molecular complexity index is 1230. The summed E-state index contributed by atoms with van der Waals surface area (Å²) in [5, 5.41) is 31.6. The zero-order valence-corrected chi connectivity index (χ0v) is 21.0. The van der Waals surface area contributed by atoms with Crippen LogP contribution in [-0.4, -0.2) is 63.3 Å². The fraction of sp³-hybridized carbons (Fsp3) is 0.304. The molecule has 12 heteroatoms. The first-order valence-electron chi connectivity index (χ1n) is 10.5. The van der Waals surface area contributed by atoms with Crippen LogP contribution >= 0.6 is 22.6 Å². The molecule has 0 spiro atoms. The van der Waals surface area contributed by atoms with Gasteiger partial charge in [-0.1, -0.05) is 0 Å². The second kappa shape index (κ2) is 11.7. The highest BCUT2D eigenvalue weighted by Gasteiger charge is 2.33. The van der Waals surface area contributed by atoms with Crippen LogP contribution in [-0.2, 0) is 9.53 Å². The van der Waals surface area contributed by atoms with Gasteiger partial charge in [0.05, 0.1) is 18.4 Å². The number of benzene rings is 2. The third kappa shape index (κ3) is 6.20. The summed E-state index contributed by atoms with van der Waals surface area (Å²) in [6.45, 7) is 0.993. The van der Waals surface area contributed by atoms with Gasteiger partial charge in [0.15, 0.2) is 0 Å². The van der Waals surface area contributed by atoms with E-state index in [1.165, 1.54) is 19.2 Å². The van der Waals surface area contributed by atoms with Gasteiger partial charge in [-0.15, -0.1) is 0 Å². The molecule has 0 saturated heterocycles. The monoisotopic (exact) mass is 601 g/mol. The van der Waals surface area contributed by atoms with E-state index in [0.717, 1.165) is 4.57 Å². The normalized spacial score (nSPS) is 13.8. The van der Waals surface area contributed by atoms with Crippen molar-refractivity contribution in [2.45, 2.75) is 25.2 Å². The molecule has 0 fully saturated rings. The molecule has 5 N–H and O–H groups in total. The molecule has 3 atom stereocenters. The number of rotatable bonds is 10. The Hall–Kier alpha value is -2.94. The molecule has 0 saturated carbocycles. The number of carbonyl (C=O) groups is 1. The van der Waals surface area contributed by atoms with Crippen molar-refractivity contribution in [3.05, 3.63) is 62.3 Å². The highest BCUT2D eigenvalue weighted by molar-refractivity contribution is 14.1. The fourth-order valence-electron chi connectivity index (χ4n) is 3.33. The molecule has 3 rings (SSSR count). The first kappa shape index (κ1) is 26.7. The lowest BCUT2D eigenvalue weighted by atomic mass is 10.1. The SMILES string of the molecule is CO[C@H](C)[C@@H](C(=O)Nc1ccc(I)cc1F)n1c(O)c(-c2ccc(OC[C@H](O)CO)cc2)[nH]c1=O. The van der Waals surface area contributed by atoms with Gasteiger partial charge in [-0.05, 0) is 72.0 Å². The van der Waals surface area contributed by atoms with Crippen LogP contribution in [0.1, 0.15) is 13.0 Å². The van der Waals surface area contributed by atoms with Crippen LogP contribution in [0.5, 0.6) is 11.6 Å². The number of anilines is 1. The van der Waals surface area contributed by atoms with E-state index in [0.29, 0.717) is 14.9 Å². The summed E-state index contributed by atoms with van der Waals surface area (Å²) >= 11 is 1.94. The van der Waals surface area contributed by atoms with Crippen molar-refractivity contribution < 1.29 is 34.0 Å². The van der Waals surface area contributed by atoms with Crippen LogP contribution in [0.4, 0.5) is 10.1 Å². The molecule has 2 aromatic carbocycles. The number of imidazole rings is 1. The number of H-pyrrole nitrogens is 1. The largest absolute Gasteiger partial charge is 0.493 e. The minimum Gasteiger partial charge on any atom is -0.493 e. The summed E-state index contributed by atoms with van der Waals surface area (Å²) in [6.07, 6.45) is -1.88. The van der Waals surface area contributed by atoms with E-state index in [2.05, 4.69) is 10.3 Å². The number of halogens is 2. The number of aromatic nitrogens is 2. The first-order chi connectivity index (χ1) is 16.7. The van der Waals surface area contributed by atoms with Gasteiger partial charge in [0.25, 0.3) is 5.91 Å². The molecule has 0 aliphatic carbocycles. The molecule has 10 nitrogen and oxygen atoms in total. The smallest absolute Gasteiger partial charge is 0.329 e. The summed E-state index contributed by atoms with van der Waals surface area (Å²) < 4.78 is 26.4. The predicted molar refractivity (Wildman–Crippen MR) is 134 cm³/mol. The molecule has 188 valence electrons. The molecule has 35 heavy (non-hydrogen) atoms. The average Bonchev–Trinajstić information content (AvgIpc) is 3.13. The van der Waals surface area contributed by atoms with Crippen LogP contribution < -0.4 is 15.7 Å². The maximum absolute atomic E-state index is 14.3. The zero-order valence-electron chi connectivity index (χ0n) is 18.9. The average molecular weight is 601 g/mol. The van der Waals surface area contributed by atoms with Crippen LogP contribution in [0, 0.1) is 9.39 Å². The maximum atomic E-state index is 14.3. The summed E-state index contributed by atoms with van der Waals surface area (Å²) in [5.41, 5.74) is -0.371. The molecular weight excluding hydrogens is 576 g/mol. The topological polar surface area (TPSA) is 146 Å². The minimum absolute atomic E-state index is 0.0542. The second-order valence-corrected chi connectivity index (χ2v) is 8.92. The van der Waals surface area contributed by atoms with Crippen molar-refractivity contribution >= 4 is 34.2 Å². The number of amides is 1. The first-order valence-corrected chi connectivity index (χ1v) is 11.6. The molecule has 0 aliphatic heterocycles. The van der Waals surface area contributed by atoms with E-state index in [4.69, 9.17) is 14.6 Å². The van der Waals surface area contributed by atoms with E-state index in [9.17, 15) is 24.2 Å². The number of aromatic hydroxyl groups is 1. The lowest BCUT2D eigenvalue weighted by Gasteiger charge is -2.23. The van der Waals surface area contributed by atoms with Crippen molar-refractivity contribution in [3.63, 3.8) is 0 Å². The zero-order chi connectivity index (χ0) is 25.7. The molecule has 1 amide bonds. The molecule has 1 aromatic heterocycles. The van der Waals surface area contributed by atoms with Crippen LogP contribution in [0.2, 0.25) is 0 Å². The quantitative estimate of drug-likeness (QED) is 0.224. The Morgan fingerprint density at radius 3 is 2.54 bits per heavy atom. The van der Waals surface area contributed by atoms with Crippen LogP contribution in [0.25, 0.3) is 11.3 Å². The number of aliphatic hydroxyl groups is 2. The van der Waals surface area contributed by atoms with Gasteiger partial charge < -0.3 is 35.1 Å². The maximum Gasteiger partial charge on any atom is 0.329 e. The standard InChI is InChI=1S/C23H25FIN3O7/c1-12(34-2)20(21(31)26-18-8-5-14(25)9-17(18)24)28-22(32)19(27-23(28)33)13-3-6-16(7-4-13)35-11-15(30)10-29/h3-9,12,15,20,29-30,32H,10-11H2,1-2H3,(H,26,31)(H,27,33)/t12-,15-,20+/m1/s1. The molecule has 0 radical (unpaired) electrons. The van der Waals surface area contributed by atoms with Gasteiger partial charge in [0.2, 0.25) is 5.88 Å². The predicted octanol–water partition coefficient (Wildman–Crippen LogP) is 2.24. The van der Waals surface area contributed by atoms with E-state index in [1.54, 1.807) is 37.3 Å². The third-order valence-electron chi connectivity index (χ3n) is 5.25. The lowest BCUT2D eigenvalue weighted by Crippen LogP contribution is -2.39. The second-order valence-electron chi connectivity index (χ2n) is 7.67. The number of aliphatic hydroxyl groups excluding tert-OH is 2. The van der Waals surface area contributed by atoms with Crippen LogP contribution in [0.3, 0.4) is 0 Å². The van der Waals surface area contributed by atoms with Crippen molar-refractivity contribution in [1.29, 1.82) is 0 Å². The summed E-state index contributed by atoms with van der Waals surface area (Å²) in [5.74, 6) is -1.51. The van der Waals surface area contributed by atoms with Crippen LogP contribution in [0.15, 0.2) is 47.3 Å². The number of hydrogen-bond donors (Lipinski definition) is 5. The van der Waals surface area contributed by atoms with Gasteiger partial charge in [-0.2, -0.15) is 0 Å². The highest BCUT2D eigenvalue weighted by Crippen LogP contribution is 2.31. The Morgan fingerprint density at radius 2 is 1.94 bits per heavy atom. The number of nitrogens with zero attached hydrogens (tertiary/aromatic N) is 1. The molecule has 1 heterocycles. The Balaban J connectivity index is 1.91. The van der Waals surface area contributed by atoms with Gasteiger partial charge in [0, 0.05) is 16.2 Å². The number of ether oxygens (including phenoxy) is 2. The Labute approximate surface area is 213 Å². The molecule has 0 aliphatic rings. The van der Waals surface area contributed by atoms with Crippen molar-refractivity contribution in [2.75, 3.05) is 25.6 Å². The lowest BCUT2D eigenvalue weighted by molar-refractivity contribution is -0.123. The van der Waals surface area contributed by atoms with Crippen molar-refractivity contribution in [3.8, 4) is 22.9 Å². The van der Waals surface area contributed by atoms with Crippen molar-refractivity contribution in [1.82, 2.24) is 9.55 Å². The fourth-order valence-corrected chi connectivity index (χ4v) is 3.78.